The zero-order valence-electron chi connectivity index (χ0n) is 19.2. The predicted molar refractivity (Wildman–Crippen MR) is 130 cm³/mol. The van der Waals surface area contributed by atoms with Crippen molar-refractivity contribution in [2.75, 3.05) is 17.1 Å². The van der Waals surface area contributed by atoms with E-state index in [1.54, 1.807) is 31.2 Å². The van der Waals surface area contributed by atoms with Gasteiger partial charge in [-0.15, -0.1) is 0 Å². The van der Waals surface area contributed by atoms with Gasteiger partial charge in [0.2, 0.25) is 21.8 Å². The van der Waals surface area contributed by atoms with E-state index < -0.39 is 34.3 Å². The zero-order valence-corrected chi connectivity index (χ0v) is 20.8. The van der Waals surface area contributed by atoms with Crippen LogP contribution in [0.4, 0.5) is 10.1 Å². The molecule has 184 valence electrons. The van der Waals surface area contributed by atoms with Gasteiger partial charge in [-0.3, -0.25) is 13.9 Å². The standard InChI is InChI=1S/C24H29ClFN3O4S/c1-17(24(31)27-20-8-4-5-9-20)28(15-18-7-3-6-10-22(18)25)23(30)16-29(34(2,32)33)21-13-11-19(26)12-14-21/h3,6-7,10-14,17,20H,4-5,8-9,15-16H2,1-2H3,(H,27,31)/t17-/m0/s1. The Bertz CT molecular complexity index is 1120. The van der Waals surface area contributed by atoms with Crippen LogP contribution in [-0.4, -0.2) is 50.0 Å². The van der Waals surface area contributed by atoms with Gasteiger partial charge < -0.3 is 10.2 Å². The summed E-state index contributed by atoms with van der Waals surface area (Å²) in [5.74, 6) is -1.41. The second-order valence-electron chi connectivity index (χ2n) is 8.53. The first-order chi connectivity index (χ1) is 16.1. The van der Waals surface area contributed by atoms with Crippen LogP contribution in [-0.2, 0) is 26.2 Å². The number of hydrogen-bond acceptors (Lipinski definition) is 4. The highest BCUT2D eigenvalue weighted by molar-refractivity contribution is 7.92. The summed E-state index contributed by atoms with van der Waals surface area (Å²) < 4.78 is 39.2. The molecule has 0 bridgehead atoms. The molecule has 1 atom stereocenters. The molecule has 2 aromatic rings. The average Bonchev–Trinajstić information content (AvgIpc) is 3.29. The van der Waals surface area contributed by atoms with Gasteiger partial charge in [0.25, 0.3) is 0 Å². The van der Waals surface area contributed by atoms with Gasteiger partial charge in [-0.25, -0.2) is 12.8 Å². The molecule has 0 heterocycles. The van der Waals surface area contributed by atoms with Crippen molar-refractivity contribution < 1.29 is 22.4 Å². The number of benzene rings is 2. The molecule has 3 rings (SSSR count). The molecule has 0 saturated heterocycles. The molecule has 1 fully saturated rings. The van der Waals surface area contributed by atoms with Gasteiger partial charge in [0.05, 0.1) is 11.9 Å². The summed E-state index contributed by atoms with van der Waals surface area (Å²) in [6, 6.07) is 11.0. The Morgan fingerprint density at radius 2 is 1.74 bits per heavy atom. The molecule has 0 aromatic heterocycles. The van der Waals surface area contributed by atoms with Crippen LogP contribution in [0.15, 0.2) is 48.5 Å². The van der Waals surface area contributed by atoms with Crippen molar-refractivity contribution in [3.8, 4) is 0 Å². The fraction of sp³-hybridized carbons (Fsp3) is 0.417. The van der Waals surface area contributed by atoms with Crippen LogP contribution in [0, 0.1) is 5.82 Å². The maximum Gasteiger partial charge on any atom is 0.244 e. The van der Waals surface area contributed by atoms with Crippen LogP contribution in [0.5, 0.6) is 0 Å². The fourth-order valence-electron chi connectivity index (χ4n) is 4.01. The van der Waals surface area contributed by atoms with Gasteiger partial charge in [0, 0.05) is 17.6 Å². The van der Waals surface area contributed by atoms with E-state index in [0.717, 1.165) is 48.4 Å². The average molecular weight is 510 g/mol. The number of hydrogen-bond donors (Lipinski definition) is 1. The highest BCUT2D eigenvalue weighted by Gasteiger charge is 2.31. The summed E-state index contributed by atoms with van der Waals surface area (Å²) in [6.45, 7) is 1.09. The number of nitrogens with zero attached hydrogens (tertiary/aromatic N) is 2. The maximum absolute atomic E-state index is 13.5. The van der Waals surface area contributed by atoms with Crippen LogP contribution in [0.25, 0.3) is 0 Å². The lowest BCUT2D eigenvalue weighted by atomic mass is 10.1. The SMILES string of the molecule is C[C@@H](C(=O)NC1CCCC1)N(Cc1ccccc1Cl)C(=O)CN(c1ccc(F)cc1)S(C)(=O)=O. The van der Waals surface area contributed by atoms with Crippen molar-refractivity contribution in [1.82, 2.24) is 10.2 Å². The molecular weight excluding hydrogens is 481 g/mol. The number of sulfonamides is 1. The molecule has 7 nitrogen and oxygen atoms in total. The molecule has 1 aliphatic rings. The number of amides is 2. The molecule has 34 heavy (non-hydrogen) atoms. The summed E-state index contributed by atoms with van der Waals surface area (Å²) in [7, 11) is -3.87. The molecule has 0 spiro atoms. The third-order valence-corrected chi connectivity index (χ3v) is 7.47. The van der Waals surface area contributed by atoms with E-state index in [4.69, 9.17) is 11.6 Å². The van der Waals surface area contributed by atoms with E-state index in [1.807, 2.05) is 0 Å². The van der Waals surface area contributed by atoms with Crippen molar-refractivity contribution >= 4 is 39.1 Å². The maximum atomic E-state index is 13.5. The van der Waals surface area contributed by atoms with E-state index in [0.29, 0.717) is 10.6 Å². The highest BCUT2D eigenvalue weighted by atomic mass is 35.5. The van der Waals surface area contributed by atoms with Crippen molar-refractivity contribution in [3.63, 3.8) is 0 Å². The molecule has 1 N–H and O–H groups in total. The van der Waals surface area contributed by atoms with Crippen LogP contribution < -0.4 is 9.62 Å². The van der Waals surface area contributed by atoms with Gasteiger partial charge >= 0.3 is 0 Å². The molecule has 2 aromatic carbocycles. The van der Waals surface area contributed by atoms with Crippen LogP contribution in [0.1, 0.15) is 38.2 Å². The van der Waals surface area contributed by atoms with Crippen molar-refractivity contribution in [2.45, 2.75) is 51.2 Å². The van der Waals surface area contributed by atoms with Gasteiger partial charge in [-0.05, 0) is 55.7 Å². The van der Waals surface area contributed by atoms with Gasteiger partial charge in [-0.2, -0.15) is 0 Å². The lowest BCUT2D eigenvalue weighted by Crippen LogP contribution is -2.52. The second-order valence-corrected chi connectivity index (χ2v) is 10.8. The van der Waals surface area contributed by atoms with E-state index in [9.17, 15) is 22.4 Å². The lowest BCUT2D eigenvalue weighted by Gasteiger charge is -2.32. The minimum Gasteiger partial charge on any atom is -0.352 e. The van der Waals surface area contributed by atoms with Gasteiger partial charge in [-0.1, -0.05) is 42.6 Å². The number of halogens is 2. The Balaban J connectivity index is 1.88. The minimum atomic E-state index is -3.87. The topological polar surface area (TPSA) is 86.8 Å². The first kappa shape index (κ1) is 26.0. The normalized spacial score (nSPS) is 15.1. The number of rotatable bonds is 9. The molecule has 0 unspecified atom stereocenters. The summed E-state index contributed by atoms with van der Waals surface area (Å²) in [6.07, 6.45) is 4.84. The quantitative estimate of drug-likeness (QED) is 0.558. The van der Waals surface area contributed by atoms with E-state index in [2.05, 4.69) is 5.32 Å². The molecule has 10 heteroatoms. The van der Waals surface area contributed by atoms with Crippen molar-refractivity contribution in [3.05, 3.63) is 64.9 Å². The van der Waals surface area contributed by atoms with E-state index in [1.165, 1.54) is 17.0 Å². The minimum absolute atomic E-state index is 0.0266. The van der Waals surface area contributed by atoms with Gasteiger partial charge in [0.15, 0.2) is 0 Å². The predicted octanol–water partition coefficient (Wildman–Crippen LogP) is 3.72. The lowest BCUT2D eigenvalue weighted by molar-refractivity contribution is -0.139. The Kier molecular flexibility index (Phi) is 8.54. The van der Waals surface area contributed by atoms with Crippen LogP contribution in [0.2, 0.25) is 5.02 Å². The summed E-state index contributed by atoms with van der Waals surface area (Å²) >= 11 is 6.30. The van der Waals surface area contributed by atoms with Crippen molar-refractivity contribution in [2.24, 2.45) is 0 Å². The first-order valence-corrected chi connectivity index (χ1v) is 13.4. The Hall–Kier alpha value is -2.65. The third kappa shape index (κ3) is 6.70. The number of carbonyl (C=O) groups is 2. The molecule has 0 aliphatic heterocycles. The fourth-order valence-corrected chi connectivity index (χ4v) is 5.05. The summed E-state index contributed by atoms with van der Waals surface area (Å²) in [4.78, 5) is 27.8. The Morgan fingerprint density at radius 1 is 1.12 bits per heavy atom. The summed E-state index contributed by atoms with van der Waals surface area (Å²) in [5, 5.41) is 3.43. The highest BCUT2D eigenvalue weighted by Crippen LogP contribution is 2.22. The third-order valence-electron chi connectivity index (χ3n) is 5.96. The molecule has 1 aliphatic carbocycles. The molecule has 1 saturated carbocycles. The second kappa shape index (κ2) is 11.2. The largest absolute Gasteiger partial charge is 0.352 e. The van der Waals surface area contributed by atoms with Crippen LogP contribution in [0.3, 0.4) is 0 Å². The van der Waals surface area contributed by atoms with Crippen molar-refractivity contribution in [1.29, 1.82) is 0 Å². The van der Waals surface area contributed by atoms with E-state index in [-0.39, 0.29) is 24.2 Å². The van der Waals surface area contributed by atoms with Gasteiger partial charge in [0.1, 0.15) is 18.4 Å². The van der Waals surface area contributed by atoms with E-state index >= 15 is 0 Å². The number of anilines is 1. The zero-order chi connectivity index (χ0) is 24.9. The molecule has 2 amide bonds. The van der Waals surface area contributed by atoms with Crippen LogP contribution >= 0.6 is 11.6 Å². The number of carbonyl (C=O) groups excluding carboxylic acids is 2. The molecule has 0 radical (unpaired) electrons. The summed E-state index contributed by atoms with van der Waals surface area (Å²) in [5.41, 5.74) is 0.781. The smallest absolute Gasteiger partial charge is 0.244 e. The molecular formula is C24H29ClFN3O4S. The Morgan fingerprint density at radius 3 is 2.32 bits per heavy atom. The monoisotopic (exact) mass is 509 g/mol. The number of nitrogens with one attached hydrogen (secondary N) is 1. The Labute approximate surface area is 204 Å². The first-order valence-electron chi connectivity index (χ1n) is 11.1.